The van der Waals surface area contributed by atoms with Gasteiger partial charge in [-0.2, -0.15) is 0 Å². The summed E-state index contributed by atoms with van der Waals surface area (Å²) in [5.41, 5.74) is 2.22. The van der Waals surface area contributed by atoms with Gasteiger partial charge in [-0.3, -0.25) is 4.79 Å². The topological polar surface area (TPSA) is 35.5 Å². The van der Waals surface area contributed by atoms with E-state index in [1.165, 1.54) is 31.2 Å². The van der Waals surface area contributed by atoms with Crippen molar-refractivity contribution in [3.05, 3.63) is 35.4 Å². The molecule has 0 radical (unpaired) electrons. The highest BCUT2D eigenvalue weighted by atomic mass is 79.9. The molecule has 0 heterocycles. The highest BCUT2D eigenvalue weighted by molar-refractivity contribution is 9.09. The summed E-state index contributed by atoms with van der Waals surface area (Å²) in [5, 5.41) is 0. The summed E-state index contributed by atoms with van der Waals surface area (Å²) < 4.78 is 11.3. The number of carbonyl (C=O) groups excluding carboxylic acids is 1. The van der Waals surface area contributed by atoms with Crippen molar-refractivity contribution in [1.82, 2.24) is 0 Å². The van der Waals surface area contributed by atoms with Crippen molar-refractivity contribution in [3.63, 3.8) is 0 Å². The molecule has 126 valence electrons. The normalized spacial score (nSPS) is 27.7. The second kappa shape index (κ2) is 7.35. The first kappa shape index (κ1) is 17.0. The molecule has 3 rings (SSSR count). The number of esters is 1. The van der Waals surface area contributed by atoms with Crippen LogP contribution in [-0.4, -0.2) is 24.8 Å². The summed E-state index contributed by atoms with van der Waals surface area (Å²) in [4.78, 5) is 11.7. The van der Waals surface area contributed by atoms with Crippen LogP contribution in [-0.2, 0) is 25.0 Å². The molecular weight excluding hydrogens is 356 g/mol. The first-order valence-corrected chi connectivity index (χ1v) is 9.50. The fraction of sp³-hybridized carbons (Fsp3) is 0.632. The molecule has 0 N–H and O–H groups in total. The predicted octanol–water partition coefficient (Wildman–Crippen LogP) is 4.50. The predicted molar refractivity (Wildman–Crippen MR) is 93.7 cm³/mol. The third-order valence-electron chi connectivity index (χ3n) is 5.00. The lowest BCUT2D eigenvalue weighted by atomic mass is 9.76. The maximum Gasteiger partial charge on any atom is 0.310 e. The van der Waals surface area contributed by atoms with E-state index in [1.54, 1.807) is 0 Å². The van der Waals surface area contributed by atoms with E-state index in [1.807, 2.05) is 19.1 Å². The van der Waals surface area contributed by atoms with Crippen LogP contribution >= 0.6 is 15.9 Å². The molecule has 0 saturated heterocycles. The van der Waals surface area contributed by atoms with Gasteiger partial charge in [-0.25, -0.2) is 0 Å². The molecule has 2 aliphatic carbocycles. The van der Waals surface area contributed by atoms with Crippen molar-refractivity contribution < 1.29 is 14.3 Å². The van der Waals surface area contributed by atoms with Crippen LogP contribution in [0.3, 0.4) is 0 Å². The Morgan fingerprint density at radius 1 is 1.30 bits per heavy atom. The lowest BCUT2D eigenvalue weighted by Gasteiger charge is -2.46. The van der Waals surface area contributed by atoms with E-state index in [4.69, 9.17) is 9.47 Å². The smallest absolute Gasteiger partial charge is 0.310 e. The number of hydrogen-bond acceptors (Lipinski definition) is 3. The van der Waals surface area contributed by atoms with E-state index >= 15 is 0 Å². The molecule has 2 atom stereocenters. The Labute approximate surface area is 146 Å². The highest BCUT2D eigenvalue weighted by Crippen LogP contribution is 2.52. The van der Waals surface area contributed by atoms with Crippen LogP contribution in [0.5, 0.6) is 0 Å². The monoisotopic (exact) mass is 380 g/mol. The zero-order valence-electron chi connectivity index (χ0n) is 13.7. The zero-order valence-corrected chi connectivity index (χ0v) is 15.3. The highest BCUT2D eigenvalue weighted by Gasteiger charge is 2.48. The minimum atomic E-state index is -0.166. The fourth-order valence-corrected chi connectivity index (χ4v) is 4.41. The Balaban J connectivity index is 1.68. The fourth-order valence-electron chi connectivity index (χ4n) is 3.60. The third-order valence-corrected chi connectivity index (χ3v) is 6.37. The van der Waals surface area contributed by atoms with Crippen molar-refractivity contribution in [1.29, 1.82) is 0 Å². The zero-order chi connectivity index (χ0) is 16.3. The van der Waals surface area contributed by atoms with Crippen molar-refractivity contribution in [2.45, 2.75) is 68.4 Å². The van der Waals surface area contributed by atoms with Crippen molar-refractivity contribution in [2.75, 3.05) is 6.61 Å². The van der Waals surface area contributed by atoms with Gasteiger partial charge in [-0.05, 0) is 43.7 Å². The molecule has 4 heteroatoms. The first-order valence-electron chi connectivity index (χ1n) is 8.71. The summed E-state index contributed by atoms with van der Waals surface area (Å²) in [6, 6.07) is 8.27. The van der Waals surface area contributed by atoms with E-state index < -0.39 is 0 Å². The van der Waals surface area contributed by atoms with Crippen LogP contribution in [0.1, 0.15) is 56.6 Å². The second-order valence-corrected chi connectivity index (χ2v) is 8.03. The number of hydrogen-bond donors (Lipinski definition) is 0. The van der Waals surface area contributed by atoms with Gasteiger partial charge in [0.15, 0.2) is 0 Å². The molecular formula is C19H25BrO3. The SMILES string of the molecule is CCOC(=O)Cc1cccc(C2(Br)CCC2OC2CCCC2)c1. The van der Waals surface area contributed by atoms with Gasteiger partial charge in [0, 0.05) is 0 Å². The van der Waals surface area contributed by atoms with E-state index in [2.05, 4.69) is 28.1 Å². The van der Waals surface area contributed by atoms with Gasteiger partial charge in [-0.15, -0.1) is 0 Å². The largest absolute Gasteiger partial charge is 0.466 e. The number of alkyl halides is 1. The van der Waals surface area contributed by atoms with Crippen LogP contribution in [0, 0.1) is 0 Å². The molecule has 0 bridgehead atoms. The molecule has 0 aliphatic heterocycles. The number of carbonyl (C=O) groups is 1. The van der Waals surface area contributed by atoms with Crippen LogP contribution in [0.25, 0.3) is 0 Å². The van der Waals surface area contributed by atoms with Crippen LogP contribution in [0.2, 0.25) is 0 Å². The molecule has 23 heavy (non-hydrogen) atoms. The Kier molecular flexibility index (Phi) is 5.42. The van der Waals surface area contributed by atoms with E-state index in [0.29, 0.717) is 19.1 Å². The molecule has 2 unspecified atom stereocenters. The molecule has 0 aromatic heterocycles. The minimum absolute atomic E-state index is 0.0970. The van der Waals surface area contributed by atoms with Gasteiger partial charge in [-0.1, -0.05) is 53.0 Å². The van der Waals surface area contributed by atoms with Crippen LogP contribution in [0.15, 0.2) is 24.3 Å². The molecule has 1 aromatic rings. The van der Waals surface area contributed by atoms with E-state index in [9.17, 15) is 4.79 Å². The maximum absolute atomic E-state index is 11.7. The average molecular weight is 381 g/mol. The van der Waals surface area contributed by atoms with Gasteiger partial charge < -0.3 is 9.47 Å². The molecule has 2 aliphatic rings. The second-order valence-electron chi connectivity index (χ2n) is 6.61. The van der Waals surface area contributed by atoms with Crippen molar-refractivity contribution >= 4 is 21.9 Å². The summed E-state index contributed by atoms with van der Waals surface area (Å²) in [5.74, 6) is -0.166. The van der Waals surface area contributed by atoms with Gasteiger partial charge >= 0.3 is 5.97 Å². The number of ether oxygens (including phenoxy) is 2. The standard InChI is InChI=1S/C19H25BrO3/c1-2-22-18(21)13-14-6-5-7-15(12-14)19(20)11-10-17(19)23-16-8-3-4-9-16/h5-7,12,16-17H,2-4,8-11,13H2,1H3. The summed E-state index contributed by atoms with van der Waals surface area (Å²) in [6.07, 6.45) is 8.16. The lowest BCUT2D eigenvalue weighted by Crippen LogP contribution is -2.47. The van der Waals surface area contributed by atoms with E-state index in [0.717, 1.165) is 18.4 Å². The quantitative estimate of drug-likeness (QED) is 0.538. The number of halogens is 1. The molecule has 2 saturated carbocycles. The average Bonchev–Trinajstić information content (AvgIpc) is 3.04. The maximum atomic E-state index is 11.7. The number of rotatable bonds is 6. The molecule has 0 amide bonds. The van der Waals surface area contributed by atoms with Crippen molar-refractivity contribution in [2.24, 2.45) is 0 Å². The van der Waals surface area contributed by atoms with Gasteiger partial charge in [0.05, 0.1) is 29.6 Å². The summed E-state index contributed by atoms with van der Waals surface area (Å²) in [7, 11) is 0. The van der Waals surface area contributed by atoms with Crippen LogP contribution < -0.4 is 0 Å². The Bertz CT molecular complexity index is 553. The number of benzene rings is 1. The molecule has 0 spiro atoms. The van der Waals surface area contributed by atoms with Gasteiger partial charge in [0.1, 0.15) is 0 Å². The Morgan fingerprint density at radius 3 is 2.74 bits per heavy atom. The Morgan fingerprint density at radius 2 is 2.09 bits per heavy atom. The van der Waals surface area contributed by atoms with E-state index in [-0.39, 0.29) is 16.4 Å². The van der Waals surface area contributed by atoms with Gasteiger partial charge in [0.2, 0.25) is 0 Å². The third kappa shape index (κ3) is 3.80. The minimum Gasteiger partial charge on any atom is -0.466 e. The molecule has 3 nitrogen and oxygen atoms in total. The molecule has 2 fully saturated rings. The summed E-state index contributed by atoms with van der Waals surface area (Å²) >= 11 is 3.94. The van der Waals surface area contributed by atoms with Crippen LogP contribution in [0.4, 0.5) is 0 Å². The van der Waals surface area contributed by atoms with Gasteiger partial charge in [0.25, 0.3) is 0 Å². The Hall–Kier alpha value is -0.870. The first-order chi connectivity index (χ1) is 11.1. The summed E-state index contributed by atoms with van der Waals surface area (Å²) in [6.45, 7) is 2.26. The molecule has 1 aromatic carbocycles. The van der Waals surface area contributed by atoms with Crippen molar-refractivity contribution in [3.8, 4) is 0 Å². The lowest BCUT2D eigenvalue weighted by molar-refractivity contribution is -0.142.